The highest BCUT2D eigenvalue weighted by molar-refractivity contribution is 7.99. The fourth-order valence-corrected chi connectivity index (χ4v) is 3.56. The summed E-state index contributed by atoms with van der Waals surface area (Å²) in [6.07, 6.45) is 0. The molecule has 0 aliphatic rings. The third-order valence-corrected chi connectivity index (χ3v) is 5.74. The molecule has 0 heterocycles. The maximum atomic E-state index is 11.7. The van der Waals surface area contributed by atoms with Crippen LogP contribution in [0.4, 0.5) is 0 Å². The fraction of sp³-hybridized carbons (Fsp3) is 0.133. The zero-order valence-electron chi connectivity index (χ0n) is 11.3. The van der Waals surface area contributed by atoms with Gasteiger partial charge in [-0.25, -0.2) is 13.2 Å². The highest BCUT2D eigenvalue weighted by Crippen LogP contribution is 2.31. The fourth-order valence-electron chi connectivity index (χ4n) is 1.74. The molecule has 0 unspecified atom stereocenters. The number of carboxylic acids is 1. The van der Waals surface area contributed by atoms with E-state index in [1.807, 2.05) is 0 Å². The Bertz CT molecular complexity index is 749. The molecule has 0 aliphatic carbocycles. The molecule has 6 heteroatoms. The molecule has 0 saturated carbocycles. The Labute approximate surface area is 127 Å². The number of benzene rings is 2. The van der Waals surface area contributed by atoms with Gasteiger partial charge in [0, 0.05) is 9.79 Å². The Kier molecular flexibility index (Phi) is 4.69. The monoisotopic (exact) mass is 322 g/mol. The lowest BCUT2D eigenvalue weighted by Crippen LogP contribution is -2.03. The molecule has 4 nitrogen and oxygen atoms in total. The van der Waals surface area contributed by atoms with Gasteiger partial charge in [-0.15, -0.1) is 0 Å². The molecule has 21 heavy (non-hydrogen) atoms. The summed E-state index contributed by atoms with van der Waals surface area (Å²) >= 11 is 1.29. The second kappa shape index (κ2) is 6.32. The molecule has 0 radical (unpaired) electrons. The molecule has 2 aromatic rings. The van der Waals surface area contributed by atoms with Crippen LogP contribution in [0.2, 0.25) is 0 Å². The van der Waals surface area contributed by atoms with Crippen molar-refractivity contribution in [1.29, 1.82) is 0 Å². The predicted molar refractivity (Wildman–Crippen MR) is 81.7 cm³/mol. The molecule has 0 saturated heterocycles. The van der Waals surface area contributed by atoms with Gasteiger partial charge in [-0.1, -0.05) is 30.8 Å². The summed E-state index contributed by atoms with van der Waals surface area (Å²) in [4.78, 5) is 12.8. The third kappa shape index (κ3) is 3.65. The summed E-state index contributed by atoms with van der Waals surface area (Å²) in [6, 6.07) is 13.2. The predicted octanol–water partition coefficient (Wildman–Crippen LogP) is 3.33. The van der Waals surface area contributed by atoms with Crippen molar-refractivity contribution in [2.75, 3.05) is 5.75 Å². The number of sulfone groups is 1. The summed E-state index contributed by atoms with van der Waals surface area (Å²) in [5.41, 5.74) is 0.229. The summed E-state index contributed by atoms with van der Waals surface area (Å²) in [5.74, 6) is -0.926. The van der Waals surface area contributed by atoms with E-state index in [0.717, 1.165) is 4.90 Å². The second-order valence-corrected chi connectivity index (χ2v) is 7.67. The summed E-state index contributed by atoms with van der Waals surface area (Å²) < 4.78 is 23.5. The van der Waals surface area contributed by atoms with Crippen LogP contribution in [0.1, 0.15) is 17.3 Å². The largest absolute Gasteiger partial charge is 0.478 e. The van der Waals surface area contributed by atoms with E-state index in [-0.39, 0.29) is 16.2 Å². The van der Waals surface area contributed by atoms with Crippen LogP contribution >= 0.6 is 11.8 Å². The van der Waals surface area contributed by atoms with Gasteiger partial charge in [0.05, 0.1) is 16.2 Å². The van der Waals surface area contributed by atoms with Gasteiger partial charge in [-0.3, -0.25) is 0 Å². The molecular formula is C15H14O4S2. The van der Waals surface area contributed by atoms with Crippen molar-refractivity contribution in [3.8, 4) is 0 Å². The number of carboxylic acid groups (broad SMARTS) is 1. The van der Waals surface area contributed by atoms with Gasteiger partial charge < -0.3 is 5.11 Å². The number of aromatic carboxylic acids is 1. The second-order valence-electron chi connectivity index (χ2n) is 4.28. The standard InChI is InChI=1S/C15H14O4S2/c1-2-21(18,19)12-9-7-11(8-10-12)20-14-6-4-3-5-13(14)15(16)17/h3-10H,2H2,1H3,(H,16,17). The zero-order chi connectivity index (χ0) is 15.5. The quantitative estimate of drug-likeness (QED) is 0.914. The maximum Gasteiger partial charge on any atom is 0.336 e. The molecule has 0 fully saturated rings. The topological polar surface area (TPSA) is 71.4 Å². The molecule has 1 N–H and O–H groups in total. The van der Waals surface area contributed by atoms with Crippen molar-refractivity contribution in [3.05, 3.63) is 54.1 Å². The van der Waals surface area contributed by atoms with E-state index in [1.54, 1.807) is 55.5 Å². The maximum absolute atomic E-state index is 11.7. The highest BCUT2D eigenvalue weighted by atomic mass is 32.2. The molecule has 2 aromatic carbocycles. The Balaban J connectivity index is 2.28. The Morgan fingerprint density at radius 1 is 1.10 bits per heavy atom. The molecular weight excluding hydrogens is 308 g/mol. The summed E-state index contributed by atoms with van der Waals surface area (Å²) in [7, 11) is -3.21. The molecule has 110 valence electrons. The van der Waals surface area contributed by atoms with Crippen molar-refractivity contribution in [3.63, 3.8) is 0 Å². The minimum absolute atomic E-state index is 0.0569. The van der Waals surface area contributed by atoms with E-state index >= 15 is 0 Å². The Hall–Kier alpha value is -1.79. The Morgan fingerprint density at radius 2 is 1.71 bits per heavy atom. The summed E-state index contributed by atoms with van der Waals surface area (Å²) in [5, 5.41) is 9.13. The van der Waals surface area contributed by atoms with Gasteiger partial charge in [0.25, 0.3) is 0 Å². The van der Waals surface area contributed by atoms with Gasteiger partial charge in [0.1, 0.15) is 0 Å². The average Bonchev–Trinajstić information content (AvgIpc) is 2.48. The highest BCUT2D eigenvalue weighted by Gasteiger charge is 2.13. The van der Waals surface area contributed by atoms with Gasteiger partial charge >= 0.3 is 5.97 Å². The third-order valence-electron chi connectivity index (χ3n) is 2.91. The number of hydrogen-bond donors (Lipinski definition) is 1. The van der Waals surface area contributed by atoms with Crippen molar-refractivity contribution < 1.29 is 18.3 Å². The summed E-state index contributed by atoms with van der Waals surface area (Å²) in [6.45, 7) is 1.60. The van der Waals surface area contributed by atoms with Crippen LogP contribution in [-0.4, -0.2) is 25.2 Å². The molecule has 0 aromatic heterocycles. The first kappa shape index (κ1) is 15.6. The minimum Gasteiger partial charge on any atom is -0.478 e. The van der Waals surface area contributed by atoms with Crippen LogP contribution in [0, 0.1) is 0 Å². The SMILES string of the molecule is CCS(=O)(=O)c1ccc(Sc2ccccc2C(=O)O)cc1. The number of hydrogen-bond acceptors (Lipinski definition) is 4. The van der Waals surface area contributed by atoms with E-state index in [9.17, 15) is 13.2 Å². The van der Waals surface area contributed by atoms with Gasteiger partial charge in [0.15, 0.2) is 9.84 Å². The average molecular weight is 322 g/mol. The molecule has 0 amide bonds. The van der Waals surface area contributed by atoms with Crippen molar-refractivity contribution in [2.24, 2.45) is 0 Å². The van der Waals surface area contributed by atoms with Crippen molar-refractivity contribution in [2.45, 2.75) is 21.6 Å². The van der Waals surface area contributed by atoms with E-state index in [2.05, 4.69) is 0 Å². The van der Waals surface area contributed by atoms with Crippen LogP contribution in [-0.2, 0) is 9.84 Å². The molecule has 0 bridgehead atoms. The van der Waals surface area contributed by atoms with Crippen LogP contribution in [0.15, 0.2) is 63.2 Å². The zero-order valence-corrected chi connectivity index (χ0v) is 12.9. The first-order chi connectivity index (χ1) is 9.94. The normalized spacial score (nSPS) is 11.3. The molecule has 0 atom stereocenters. The number of rotatable bonds is 5. The van der Waals surface area contributed by atoms with Crippen LogP contribution in [0.3, 0.4) is 0 Å². The minimum atomic E-state index is -3.21. The van der Waals surface area contributed by atoms with Crippen molar-refractivity contribution in [1.82, 2.24) is 0 Å². The van der Waals surface area contributed by atoms with Crippen LogP contribution < -0.4 is 0 Å². The van der Waals surface area contributed by atoms with E-state index in [0.29, 0.717) is 4.90 Å². The lowest BCUT2D eigenvalue weighted by Gasteiger charge is -2.06. The first-order valence-electron chi connectivity index (χ1n) is 6.27. The molecule has 2 rings (SSSR count). The number of carbonyl (C=O) groups is 1. The molecule has 0 aliphatic heterocycles. The molecule has 0 spiro atoms. The Morgan fingerprint density at radius 3 is 2.29 bits per heavy atom. The van der Waals surface area contributed by atoms with Gasteiger partial charge in [-0.05, 0) is 36.4 Å². The smallest absolute Gasteiger partial charge is 0.336 e. The van der Waals surface area contributed by atoms with E-state index in [4.69, 9.17) is 5.11 Å². The lowest BCUT2D eigenvalue weighted by atomic mass is 10.2. The van der Waals surface area contributed by atoms with Crippen molar-refractivity contribution >= 4 is 27.6 Å². The van der Waals surface area contributed by atoms with E-state index in [1.165, 1.54) is 11.8 Å². The van der Waals surface area contributed by atoms with Gasteiger partial charge in [-0.2, -0.15) is 0 Å². The first-order valence-corrected chi connectivity index (χ1v) is 8.74. The van der Waals surface area contributed by atoms with Crippen LogP contribution in [0.25, 0.3) is 0 Å². The van der Waals surface area contributed by atoms with Crippen LogP contribution in [0.5, 0.6) is 0 Å². The van der Waals surface area contributed by atoms with Gasteiger partial charge in [0.2, 0.25) is 0 Å². The van der Waals surface area contributed by atoms with E-state index < -0.39 is 15.8 Å². The lowest BCUT2D eigenvalue weighted by molar-refractivity contribution is 0.0693.